The second kappa shape index (κ2) is 15.2. The predicted octanol–water partition coefficient (Wildman–Crippen LogP) is 13.7. The molecule has 0 spiro atoms. The lowest BCUT2D eigenvalue weighted by atomic mass is 9.83. The molecule has 0 fully saturated rings. The van der Waals surface area contributed by atoms with E-state index in [4.69, 9.17) is 9.47 Å². The van der Waals surface area contributed by atoms with Crippen molar-refractivity contribution in [2.75, 3.05) is 16.9 Å². The van der Waals surface area contributed by atoms with Crippen molar-refractivity contribution in [3.63, 3.8) is 0 Å². The molecule has 8 aromatic carbocycles. The van der Waals surface area contributed by atoms with E-state index in [9.17, 15) is 0 Å². The van der Waals surface area contributed by atoms with Gasteiger partial charge in [0.25, 0.3) is 0 Å². The van der Waals surface area contributed by atoms with Gasteiger partial charge in [-0.25, -0.2) is 0 Å². The number of hydrogen-bond donors (Lipinski definition) is 0. The van der Waals surface area contributed by atoms with Crippen LogP contribution in [0.3, 0.4) is 0 Å². The van der Waals surface area contributed by atoms with Crippen LogP contribution >= 0.6 is 0 Å². The number of benzene rings is 8. The minimum absolute atomic E-state index is 0.823. The molecule has 9 rings (SSSR count). The molecule has 0 aromatic heterocycles. The zero-order valence-electron chi connectivity index (χ0n) is 31.1. The Morgan fingerprint density at radius 1 is 0.411 bits per heavy atom. The topological polar surface area (TPSA) is 24.9 Å². The molecule has 0 saturated heterocycles. The van der Waals surface area contributed by atoms with E-state index < -0.39 is 5.60 Å². The summed E-state index contributed by atoms with van der Waals surface area (Å²) < 4.78 is 12.6. The Morgan fingerprint density at radius 3 is 1.21 bits per heavy atom. The van der Waals surface area contributed by atoms with Crippen LogP contribution in [0.2, 0.25) is 0 Å². The van der Waals surface area contributed by atoms with Crippen molar-refractivity contribution in [1.29, 1.82) is 0 Å². The second-order valence-corrected chi connectivity index (χ2v) is 13.8. The van der Waals surface area contributed by atoms with E-state index in [-0.39, 0.29) is 0 Å². The van der Waals surface area contributed by atoms with Crippen LogP contribution < -0.4 is 19.3 Å². The predicted molar refractivity (Wildman–Crippen MR) is 231 cm³/mol. The van der Waals surface area contributed by atoms with Crippen LogP contribution in [-0.2, 0) is 5.60 Å². The Morgan fingerprint density at radius 2 is 0.804 bits per heavy atom. The molecule has 1 aliphatic heterocycles. The van der Waals surface area contributed by atoms with Crippen molar-refractivity contribution in [2.24, 2.45) is 0 Å². The summed E-state index contributed by atoms with van der Waals surface area (Å²) in [5.41, 5.74) is 10.9. The first-order valence-corrected chi connectivity index (χ1v) is 18.9. The average Bonchev–Trinajstić information content (AvgIpc) is 3.28. The van der Waals surface area contributed by atoms with Gasteiger partial charge in [-0.2, -0.15) is 0 Å². The van der Waals surface area contributed by atoms with Gasteiger partial charge in [-0.1, -0.05) is 121 Å². The first kappa shape index (κ1) is 34.5. The summed E-state index contributed by atoms with van der Waals surface area (Å²) in [6, 6.07) is 74.1. The third kappa shape index (κ3) is 6.69. The van der Waals surface area contributed by atoms with Crippen molar-refractivity contribution in [1.82, 2.24) is 0 Å². The number of para-hydroxylation sites is 4. The van der Waals surface area contributed by atoms with Gasteiger partial charge in [-0.05, 0) is 114 Å². The van der Waals surface area contributed by atoms with Crippen molar-refractivity contribution in [3.8, 4) is 22.6 Å². The van der Waals surface area contributed by atoms with Crippen LogP contribution in [0.4, 0.5) is 34.1 Å². The van der Waals surface area contributed by atoms with E-state index in [0.29, 0.717) is 0 Å². The smallest absolute Gasteiger partial charge is 0.178 e. The molecule has 56 heavy (non-hydrogen) atoms. The van der Waals surface area contributed by atoms with Crippen molar-refractivity contribution in [2.45, 2.75) is 5.60 Å². The maximum absolute atomic E-state index is 7.22. The zero-order chi connectivity index (χ0) is 37.7. The van der Waals surface area contributed by atoms with Crippen LogP contribution in [0, 0.1) is 0 Å². The molecule has 4 nitrogen and oxygen atoms in total. The van der Waals surface area contributed by atoms with E-state index in [1.807, 2.05) is 36.4 Å². The van der Waals surface area contributed by atoms with Gasteiger partial charge in [-0.15, -0.1) is 0 Å². The van der Waals surface area contributed by atoms with Crippen molar-refractivity contribution < 1.29 is 9.47 Å². The third-order valence-corrected chi connectivity index (χ3v) is 10.4. The summed E-state index contributed by atoms with van der Waals surface area (Å²) in [5.74, 6) is 1.66. The first-order chi connectivity index (χ1) is 27.7. The Kier molecular flexibility index (Phi) is 9.36. The molecular weight excluding hydrogens is 685 g/mol. The molecule has 4 heteroatoms. The average molecular weight is 725 g/mol. The minimum Gasteiger partial charge on any atom is -0.497 e. The van der Waals surface area contributed by atoms with E-state index in [1.54, 1.807) is 7.11 Å². The largest absolute Gasteiger partial charge is 0.497 e. The highest BCUT2D eigenvalue weighted by Crippen LogP contribution is 2.45. The van der Waals surface area contributed by atoms with Gasteiger partial charge in [0, 0.05) is 50.8 Å². The van der Waals surface area contributed by atoms with E-state index >= 15 is 0 Å². The number of rotatable bonds is 10. The summed E-state index contributed by atoms with van der Waals surface area (Å²) in [6.07, 6.45) is 4.41. The lowest BCUT2D eigenvalue weighted by Gasteiger charge is -2.37. The highest BCUT2D eigenvalue weighted by Gasteiger charge is 2.37. The maximum atomic E-state index is 7.22. The number of nitrogens with zero attached hydrogens (tertiary/aromatic N) is 2. The summed E-state index contributed by atoms with van der Waals surface area (Å²) in [5, 5.41) is 0. The number of methoxy groups -OCH3 is 1. The van der Waals surface area contributed by atoms with Crippen LogP contribution in [0.25, 0.3) is 17.2 Å². The lowest BCUT2D eigenvalue weighted by Crippen LogP contribution is -2.34. The molecule has 1 heterocycles. The SMILES string of the molecule is COc1ccc(-c2ccc3c(c2)C=CC(c2ccc(N(c4ccccc4)c4ccccc4)cc2)(c2ccc(N(c4ccccc4)c4ccccc4)cc2)O3)cc1. The second-order valence-electron chi connectivity index (χ2n) is 13.8. The summed E-state index contributed by atoms with van der Waals surface area (Å²) in [6.45, 7) is 0. The molecule has 270 valence electrons. The maximum Gasteiger partial charge on any atom is 0.178 e. The minimum atomic E-state index is -0.889. The van der Waals surface area contributed by atoms with Gasteiger partial charge >= 0.3 is 0 Å². The number of anilines is 6. The lowest BCUT2D eigenvalue weighted by molar-refractivity contribution is 0.161. The van der Waals surface area contributed by atoms with Gasteiger partial charge in [0.05, 0.1) is 7.11 Å². The summed E-state index contributed by atoms with van der Waals surface area (Å²) in [7, 11) is 1.69. The standard InChI is InChI=1S/C52H40N2O2/c1-55-50-33-22-39(23-34-50)40-24-35-51-41(38-40)36-37-52(56-51,42-25-29-48(30-26-42)53(44-14-6-2-7-15-44)45-16-8-3-9-17-45)43-27-31-49(32-28-43)54(46-18-10-4-11-19-46)47-20-12-5-13-21-47/h2-38H,1H3. The fourth-order valence-corrected chi connectivity index (χ4v) is 7.55. The monoisotopic (exact) mass is 724 g/mol. The number of hydrogen-bond acceptors (Lipinski definition) is 4. The zero-order valence-corrected chi connectivity index (χ0v) is 31.1. The molecule has 0 N–H and O–H groups in total. The first-order valence-electron chi connectivity index (χ1n) is 18.9. The Balaban J connectivity index is 1.13. The molecule has 0 saturated carbocycles. The van der Waals surface area contributed by atoms with Gasteiger partial charge in [-0.3, -0.25) is 0 Å². The normalized spacial score (nSPS) is 12.6. The molecule has 0 bridgehead atoms. The van der Waals surface area contributed by atoms with Crippen molar-refractivity contribution >= 4 is 40.2 Å². The third-order valence-electron chi connectivity index (χ3n) is 10.4. The summed E-state index contributed by atoms with van der Waals surface area (Å²) >= 11 is 0. The van der Waals surface area contributed by atoms with E-state index in [0.717, 1.165) is 73.4 Å². The molecular formula is C52H40N2O2. The van der Waals surface area contributed by atoms with Crippen LogP contribution in [0.5, 0.6) is 11.5 Å². The Labute approximate surface area is 328 Å². The molecule has 0 atom stereocenters. The Bertz CT molecular complexity index is 2350. The molecule has 0 aliphatic carbocycles. The van der Waals surface area contributed by atoms with Gasteiger partial charge in [0.15, 0.2) is 5.60 Å². The van der Waals surface area contributed by atoms with Gasteiger partial charge < -0.3 is 19.3 Å². The number of ether oxygens (including phenoxy) is 2. The molecule has 1 aliphatic rings. The summed E-state index contributed by atoms with van der Waals surface area (Å²) in [4.78, 5) is 4.56. The molecule has 8 aromatic rings. The van der Waals surface area contributed by atoms with Crippen LogP contribution in [0.1, 0.15) is 16.7 Å². The highest BCUT2D eigenvalue weighted by atomic mass is 16.5. The quantitative estimate of drug-likeness (QED) is 0.140. The fourth-order valence-electron chi connectivity index (χ4n) is 7.55. The molecule has 0 amide bonds. The van der Waals surface area contributed by atoms with Crippen molar-refractivity contribution in [3.05, 3.63) is 235 Å². The van der Waals surface area contributed by atoms with Gasteiger partial charge in [0.1, 0.15) is 11.5 Å². The van der Waals surface area contributed by atoms with Crippen LogP contribution in [-0.4, -0.2) is 7.11 Å². The van der Waals surface area contributed by atoms with Crippen LogP contribution in [0.15, 0.2) is 218 Å². The number of fused-ring (bicyclic) bond motifs is 1. The molecule has 0 unspecified atom stereocenters. The van der Waals surface area contributed by atoms with Gasteiger partial charge in [0.2, 0.25) is 0 Å². The van der Waals surface area contributed by atoms with E-state index in [2.05, 4.69) is 198 Å². The van der Waals surface area contributed by atoms with E-state index in [1.165, 1.54) is 0 Å². The molecule has 0 radical (unpaired) electrons. The highest BCUT2D eigenvalue weighted by molar-refractivity contribution is 5.79. The Hall–Kier alpha value is -7.30. The fraction of sp³-hybridized carbons (Fsp3) is 0.0385.